The van der Waals surface area contributed by atoms with Crippen LogP contribution in [0.15, 0.2) is 16.7 Å². The van der Waals surface area contributed by atoms with Crippen molar-refractivity contribution in [3.63, 3.8) is 0 Å². The van der Waals surface area contributed by atoms with E-state index in [9.17, 15) is 9.59 Å². The van der Waals surface area contributed by atoms with Crippen LogP contribution in [0.3, 0.4) is 0 Å². The normalized spacial score (nSPS) is 10.7. The number of unbranched alkanes of at least 4 members (excludes halogenated alkanes) is 10. The largest absolute Gasteiger partial charge is 0.462 e. The van der Waals surface area contributed by atoms with Crippen molar-refractivity contribution in [1.82, 2.24) is 0 Å². The van der Waals surface area contributed by atoms with Crippen LogP contribution in [0.1, 0.15) is 112 Å². The highest BCUT2D eigenvalue weighted by Gasteiger charge is 2.23. The van der Waals surface area contributed by atoms with E-state index < -0.39 is 11.9 Å². The highest BCUT2D eigenvalue weighted by Crippen LogP contribution is 2.15. The minimum Gasteiger partial charge on any atom is -0.462 e. The molecular formula is C22H36O5. The summed E-state index contributed by atoms with van der Waals surface area (Å²) in [6.45, 7) is 5.07. The SMILES string of the molecule is CCCCCCCCOC(=O)c1ccoc1C(=O)OCCCCCCCC. The van der Waals surface area contributed by atoms with Crippen LogP contribution in [0, 0.1) is 0 Å². The third-order valence-corrected chi connectivity index (χ3v) is 4.53. The zero-order valence-corrected chi connectivity index (χ0v) is 17.1. The summed E-state index contributed by atoms with van der Waals surface area (Å²) in [5.74, 6) is -1.18. The average Bonchev–Trinajstić information content (AvgIpc) is 3.16. The van der Waals surface area contributed by atoms with Crippen LogP contribution in [0.25, 0.3) is 0 Å². The van der Waals surface area contributed by atoms with E-state index in [4.69, 9.17) is 13.9 Å². The van der Waals surface area contributed by atoms with Crippen LogP contribution in [-0.4, -0.2) is 25.2 Å². The third kappa shape index (κ3) is 10.2. The topological polar surface area (TPSA) is 65.7 Å². The molecule has 154 valence electrons. The smallest absolute Gasteiger partial charge is 0.375 e. The molecule has 0 bridgehead atoms. The third-order valence-electron chi connectivity index (χ3n) is 4.53. The lowest BCUT2D eigenvalue weighted by Gasteiger charge is -2.06. The van der Waals surface area contributed by atoms with Crippen molar-refractivity contribution in [2.24, 2.45) is 0 Å². The molecule has 0 saturated carbocycles. The first-order chi connectivity index (χ1) is 13.2. The molecule has 1 rings (SSSR count). The zero-order valence-electron chi connectivity index (χ0n) is 17.1. The van der Waals surface area contributed by atoms with E-state index in [0.717, 1.165) is 38.5 Å². The molecule has 1 aromatic heterocycles. The van der Waals surface area contributed by atoms with Gasteiger partial charge in [-0.2, -0.15) is 0 Å². The molecule has 0 unspecified atom stereocenters. The van der Waals surface area contributed by atoms with Crippen molar-refractivity contribution >= 4 is 11.9 Å². The first-order valence-corrected chi connectivity index (χ1v) is 10.6. The van der Waals surface area contributed by atoms with Crippen molar-refractivity contribution in [2.45, 2.75) is 90.9 Å². The van der Waals surface area contributed by atoms with Gasteiger partial charge in [-0.25, -0.2) is 9.59 Å². The Hall–Kier alpha value is -1.78. The van der Waals surface area contributed by atoms with Gasteiger partial charge in [-0.05, 0) is 18.9 Å². The molecule has 0 aliphatic rings. The Morgan fingerprint density at radius 2 is 1.22 bits per heavy atom. The first kappa shape index (κ1) is 23.3. The lowest BCUT2D eigenvalue weighted by Crippen LogP contribution is -2.13. The maximum atomic E-state index is 12.2. The van der Waals surface area contributed by atoms with E-state index in [2.05, 4.69) is 13.8 Å². The van der Waals surface area contributed by atoms with Gasteiger partial charge in [0.2, 0.25) is 5.76 Å². The maximum Gasteiger partial charge on any atom is 0.375 e. The zero-order chi connectivity index (χ0) is 19.7. The molecule has 5 nitrogen and oxygen atoms in total. The molecule has 1 heterocycles. The van der Waals surface area contributed by atoms with E-state index in [1.807, 2.05) is 0 Å². The van der Waals surface area contributed by atoms with Gasteiger partial charge >= 0.3 is 11.9 Å². The molecule has 27 heavy (non-hydrogen) atoms. The van der Waals surface area contributed by atoms with Crippen LogP contribution in [0.4, 0.5) is 0 Å². The van der Waals surface area contributed by atoms with Crippen LogP contribution < -0.4 is 0 Å². The Balaban J connectivity index is 2.25. The average molecular weight is 381 g/mol. The second-order valence-corrected chi connectivity index (χ2v) is 6.97. The highest BCUT2D eigenvalue weighted by atomic mass is 16.5. The number of rotatable bonds is 16. The summed E-state index contributed by atoms with van der Waals surface area (Å²) < 4.78 is 15.6. The van der Waals surface area contributed by atoms with Crippen molar-refractivity contribution in [2.75, 3.05) is 13.2 Å². The summed E-state index contributed by atoms with van der Waals surface area (Å²) >= 11 is 0. The van der Waals surface area contributed by atoms with Crippen LogP contribution in [-0.2, 0) is 9.47 Å². The molecule has 0 aliphatic heterocycles. The highest BCUT2D eigenvalue weighted by molar-refractivity contribution is 6.01. The summed E-state index contributed by atoms with van der Waals surface area (Å²) in [5, 5.41) is 0. The van der Waals surface area contributed by atoms with E-state index in [0.29, 0.717) is 13.2 Å². The fraction of sp³-hybridized carbons (Fsp3) is 0.727. The van der Waals surface area contributed by atoms with Gasteiger partial charge in [0.1, 0.15) is 5.56 Å². The molecule has 0 fully saturated rings. The molecule has 5 heteroatoms. The predicted octanol–water partition coefficient (Wildman–Crippen LogP) is 6.31. The molecule has 0 radical (unpaired) electrons. The van der Waals surface area contributed by atoms with E-state index in [-0.39, 0.29) is 11.3 Å². The fourth-order valence-electron chi connectivity index (χ4n) is 2.87. The van der Waals surface area contributed by atoms with Crippen molar-refractivity contribution in [3.05, 3.63) is 23.7 Å². The van der Waals surface area contributed by atoms with E-state index in [1.165, 1.54) is 50.9 Å². The van der Waals surface area contributed by atoms with Crippen molar-refractivity contribution in [3.8, 4) is 0 Å². The van der Waals surface area contributed by atoms with E-state index >= 15 is 0 Å². The molecule has 0 spiro atoms. The first-order valence-electron chi connectivity index (χ1n) is 10.6. The Kier molecular flexibility index (Phi) is 13.2. The Morgan fingerprint density at radius 1 is 0.741 bits per heavy atom. The number of furan rings is 1. The van der Waals surface area contributed by atoms with Crippen LogP contribution in [0.2, 0.25) is 0 Å². The quantitative estimate of drug-likeness (QED) is 0.248. The lowest BCUT2D eigenvalue weighted by molar-refractivity contribution is 0.0423. The second kappa shape index (κ2) is 15.3. The molecule has 0 N–H and O–H groups in total. The fourth-order valence-corrected chi connectivity index (χ4v) is 2.87. The van der Waals surface area contributed by atoms with Crippen LogP contribution >= 0.6 is 0 Å². The summed E-state index contributed by atoms with van der Waals surface area (Å²) in [4.78, 5) is 24.3. The van der Waals surface area contributed by atoms with Gasteiger partial charge in [-0.15, -0.1) is 0 Å². The number of carbonyl (C=O) groups is 2. The summed E-state index contributed by atoms with van der Waals surface area (Å²) in [6.07, 6.45) is 14.8. The Labute approximate surface area is 163 Å². The van der Waals surface area contributed by atoms with Gasteiger partial charge in [0.05, 0.1) is 19.5 Å². The van der Waals surface area contributed by atoms with Crippen molar-refractivity contribution in [1.29, 1.82) is 0 Å². The minimum absolute atomic E-state index is 0.0612. The van der Waals surface area contributed by atoms with Gasteiger partial charge in [-0.3, -0.25) is 0 Å². The summed E-state index contributed by atoms with van der Waals surface area (Å²) in [5.41, 5.74) is 0.147. The maximum absolute atomic E-state index is 12.2. The number of ether oxygens (including phenoxy) is 2. The van der Waals surface area contributed by atoms with Crippen LogP contribution in [0.5, 0.6) is 0 Å². The molecular weight excluding hydrogens is 344 g/mol. The van der Waals surface area contributed by atoms with Gasteiger partial charge in [0.15, 0.2) is 0 Å². The summed E-state index contributed by atoms with van der Waals surface area (Å²) in [6, 6.07) is 1.46. The monoisotopic (exact) mass is 380 g/mol. The molecule has 0 amide bonds. The Bertz CT molecular complexity index is 476. The van der Waals surface area contributed by atoms with Gasteiger partial charge in [0.25, 0.3) is 0 Å². The lowest BCUT2D eigenvalue weighted by atomic mass is 10.1. The predicted molar refractivity (Wildman–Crippen MR) is 106 cm³/mol. The molecule has 0 aromatic carbocycles. The van der Waals surface area contributed by atoms with E-state index in [1.54, 1.807) is 0 Å². The number of esters is 2. The van der Waals surface area contributed by atoms with Crippen molar-refractivity contribution < 1.29 is 23.5 Å². The molecule has 0 aliphatic carbocycles. The minimum atomic E-state index is -0.597. The standard InChI is InChI=1S/C22H36O5/c1-3-5-7-9-11-13-16-26-21(23)19-15-18-25-20(19)22(24)27-17-14-12-10-8-6-4-2/h15,18H,3-14,16-17H2,1-2H3. The number of hydrogen-bond donors (Lipinski definition) is 0. The van der Waals surface area contributed by atoms with Gasteiger partial charge in [-0.1, -0.05) is 78.1 Å². The Morgan fingerprint density at radius 3 is 1.78 bits per heavy atom. The number of hydrogen-bond acceptors (Lipinski definition) is 5. The van der Waals surface area contributed by atoms with Gasteiger partial charge in [0, 0.05) is 0 Å². The molecule has 0 saturated heterocycles. The summed E-state index contributed by atoms with van der Waals surface area (Å²) in [7, 11) is 0. The number of carbonyl (C=O) groups excluding carboxylic acids is 2. The van der Waals surface area contributed by atoms with Gasteiger partial charge < -0.3 is 13.9 Å². The second-order valence-electron chi connectivity index (χ2n) is 6.97. The molecule has 0 atom stereocenters. The molecule has 1 aromatic rings.